The van der Waals surface area contributed by atoms with Crippen molar-refractivity contribution in [3.05, 3.63) is 96.3 Å². The van der Waals surface area contributed by atoms with E-state index in [0.29, 0.717) is 17.6 Å². The average Bonchev–Trinajstić information content (AvgIpc) is 2.98. The molecule has 0 spiro atoms. The molecule has 1 aliphatic heterocycles. The van der Waals surface area contributed by atoms with Crippen LogP contribution in [-0.4, -0.2) is 67.7 Å². The number of ether oxygens (including phenoxy) is 1. The molecule has 0 unspecified atom stereocenters. The molecule has 3 N–H and O–H groups in total. The van der Waals surface area contributed by atoms with Crippen LogP contribution < -0.4 is 10.0 Å². The van der Waals surface area contributed by atoms with E-state index in [1.54, 1.807) is 12.1 Å². The number of carbonyl (C=O) groups is 1. The highest BCUT2D eigenvalue weighted by atomic mass is 32.2. The van der Waals surface area contributed by atoms with Crippen molar-refractivity contribution in [3.8, 4) is 11.3 Å². The SMILES string of the molecule is O=CO.O=S(=O)(Nc1ccc(Nc2cc(-c3ccc(CCN4CCOCC4)cc3)ncn2)cc1)c1ccc(F)cc1F. The number of benzene rings is 3. The fraction of sp³-hybridized carbons (Fsp3) is 0.207. The van der Waals surface area contributed by atoms with E-state index in [0.717, 1.165) is 62.7 Å². The molecule has 1 saturated heterocycles. The number of sulfonamides is 1. The zero-order valence-corrected chi connectivity index (χ0v) is 23.2. The van der Waals surface area contributed by atoms with Gasteiger partial charge in [0.1, 0.15) is 28.7 Å². The molecular weight excluding hydrogens is 568 g/mol. The molecule has 2 heterocycles. The van der Waals surface area contributed by atoms with Crippen LogP contribution in [0, 0.1) is 11.6 Å². The molecule has 0 saturated carbocycles. The van der Waals surface area contributed by atoms with E-state index in [4.69, 9.17) is 14.6 Å². The van der Waals surface area contributed by atoms with Crippen LogP contribution in [0.2, 0.25) is 0 Å². The molecule has 4 aromatic rings. The standard InChI is InChI=1S/C28H27F2N5O3S.CH2O2/c29-22-5-10-27(25(30)17-22)39(36,37)34-24-8-6-23(7-9-24)33-28-18-26(31-19-32-28)21-3-1-20(2-4-21)11-12-35-13-15-38-16-14-35;2-1-3/h1-10,17-19,34H,11-16H2,(H,31,32,33);1H,(H,2,3). The summed E-state index contributed by atoms with van der Waals surface area (Å²) < 4.78 is 59.8. The number of aromatic nitrogens is 2. The highest BCUT2D eigenvalue weighted by molar-refractivity contribution is 7.92. The van der Waals surface area contributed by atoms with Crippen LogP contribution in [0.4, 0.5) is 26.0 Å². The summed E-state index contributed by atoms with van der Waals surface area (Å²) in [5.74, 6) is -1.45. The zero-order chi connectivity index (χ0) is 30.0. The summed E-state index contributed by atoms with van der Waals surface area (Å²) in [5.41, 5.74) is 3.87. The van der Waals surface area contributed by atoms with Crippen molar-refractivity contribution >= 4 is 33.7 Å². The molecular formula is C29H29F2N5O5S. The van der Waals surface area contributed by atoms with E-state index in [-0.39, 0.29) is 12.2 Å². The van der Waals surface area contributed by atoms with Gasteiger partial charge in [-0.05, 0) is 48.4 Å². The lowest BCUT2D eigenvalue weighted by atomic mass is 10.1. The number of halogens is 2. The van der Waals surface area contributed by atoms with Crippen LogP contribution in [0.3, 0.4) is 0 Å². The minimum atomic E-state index is -4.22. The Labute approximate surface area is 242 Å². The lowest BCUT2D eigenvalue weighted by Gasteiger charge is -2.26. The number of nitrogens with zero attached hydrogens (tertiary/aromatic N) is 3. The maximum absolute atomic E-state index is 13.9. The second-order valence-corrected chi connectivity index (χ2v) is 10.8. The van der Waals surface area contributed by atoms with Crippen LogP contribution in [0.1, 0.15) is 5.56 Å². The second kappa shape index (κ2) is 14.4. The van der Waals surface area contributed by atoms with Crippen LogP contribution in [-0.2, 0) is 26.0 Å². The Balaban J connectivity index is 0.00000129. The second-order valence-electron chi connectivity index (χ2n) is 9.18. The summed E-state index contributed by atoms with van der Waals surface area (Å²) in [6.07, 6.45) is 2.45. The molecule has 0 bridgehead atoms. The first kappa shape index (κ1) is 30.5. The molecule has 220 valence electrons. The summed E-state index contributed by atoms with van der Waals surface area (Å²) in [7, 11) is -4.22. The van der Waals surface area contributed by atoms with Crippen LogP contribution in [0.5, 0.6) is 0 Å². The maximum atomic E-state index is 13.9. The summed E-state index contributed by atoms with van der Waals surface area (Å²) in [6.45, 7) is 4.30. The Morgan fingerprint density at radius 3 is 2.26 bits per heavy atom. The third-order valence-corrected chi connectivity index (χ3v) is 7.74. The van der Waals surface area contributed by atoms with Crippen molar-refractivity contribution in [1.82, 2.24) is 14.9 Å². The van der Waals surface area contributed by atoms with E-state index >= 15 is 0 Å². The first-order chi connectivity index (χ1) is 20.3. The Bertz CT molecular complexity index is 1580. The zero-order valence-electron chi connectivity index (χ0n) is 22.4. The van der Waals surface area contributed by atoms with Gasteiger partial charge in [0, 0.05) is 48.7 Å². The van der Waals surface area contributed by atoms with E-state index < -0.39 is 26.6 Å². The molecule has 1 aromatic heterocycles. The Morgan fingerprint density at radius 1 is 0.929 bits per heavy atom. The number of anilines is 3. The van der Waals surface area contributed by atoms with E-state index in [2.05, 4.69) is 37.0 Å². The van der Waals surface area contributed by atoms with Gasteiger partial charge in [-0.3, -0.25) is 14.4 Å². The van der Waals surface area contributed by atoms with Gasteiger partial charge in [0.15, 0.2) is 0 Å². The van der Waals surface area contributed by atoms with Gasteiger partial charge in [-0.1, -0.05) is 24.3 Å². The minimum absolute atomic E-state index is 0.223. The largest absolute Gasteiger partial charge is 0.483 e. The van der Waals surface area contributed by atoms with E-state index in [9.17, 15) is 17.2 Å². The van der Waals surface area contributed by atoms with Crippen molar-refractivity contribution < 1.29 is 31.8 Å². The summed E-state index contributed by atoms with van der Waals surface area (Å²) >= 11 is 0. The Kier molecular flexibility index (Phi) is 10.5. The van der Waals surface area contributed by atoms with Gasteiger partial charge >= 0.3 is 0 Å². The number of nitrogens with one attached hydrogen (secondary N) is 2. The number of hydrogen-bond donors (Lipinski definition) is 3. The van der Waals surface area contributed by atoms with Crippen molar-refractivity contribution in [3.63, 3.8) is 0 Å². The number of hydrogen-bond acceptors (Lipinski definition) is 8. The molecule has 0 atom stereocenters. The van der Waals surface area contributed by atoms with Crippen LogP contribution in [0.25, 0.3) is 11.3 Å². The van der Waals surface area contributed by atoms with Crippen molar-refractivity contribution in [2.24, 2.45) is 0 Å². The predicted molar refractivity (Wildman–Crippen MR) is 154 cm³/mol. The quantitative estimate of drug-likeness (QED) is 0.238. The van der Waals surface area contributed by atoms with Gasteiger partial charge < -0.3 is 15.2 Å². The van der Waals surface area contributed by atoms with Gasteiger partial charge in [0.2, 0.25) is 0 Å². The molecule has 13 heteroatoms. The lowest BCUT2D eigenvalue weighted by molar-refractivity contribution is -0.122. The van der Waals surface area contributed by atoms with Gasteiger partial charge in [-0.25, -0.2) is 27.2 Å². The predicted octanol–water partition coefficient (Wildman–Crippen LogP) is 4.54. The Hall–Kier alpha value is -4.46. The molecule has 0 radical (unpaired) electrons. The van der Waals surface area contributed by atoms with Crippen molar-refractivity contribution in [2.45, 2.75) is 11.3 Å². The van der Waals surface area contributed by atoms with Gasteiger partial charge in [-0.2, -0.15) is 0 Å². The highest BCUT2D eigenvalue weighted by Crippen LogP contribution is 2.24. The lowest BCUT2D eigenvalue weighted by Crippen LogP contribution is -2.37. The summed E-state index contributed by atoms with van der Waals surface area (Å²) in [4.78, 5) is 18.8. The molecule has 10 nitrogen and oxygen atoms in total. The summed E-state index contributed by atoms with van der Waals surface area (Å²) in [6, 6.07) is 18.8. The average molecular weight is 598 g/mol. The molecule has 5 rings (SSSR count). The van der Waals surface area contributed by atoms with Gasteiger partial charge in [0.25, 0.3) is 16.5 Å². The number of carboxylic acid groups (broad SMARTS) is 1. The molecule has 1 aliphatic rings. The third kappa shape index (κ3) is 8.52. The fourth-order valence-corrected chi connectivity index (χ4v) is 5.33. The van der Waals surface area contributed by atoms with E-state index in [1.165, 1.54) is 24.0 Å². The molecule has 0 aliphatic carbocycles. The van der Waals surface area contributed by atoms with Crippen LogP contribution in [0.15, 0.2) is 84.0 Å². The van der Waals surface area contributed by atoms with Crippen LogP contribution >= 0.6 is 0 Å². The molecule has 42 heavy (non-hydrogen) atoms. The first-order valence-electron chi connectivity index (χ1n) is 12.9. The van der Waals surface area contributed by atoms with Gasteiger partial charge in [-0.15, -0.1) is 0 Å². The summed E-state index contributed by atoms with van der Waals surface area (Å²) in [5, 5.41) is 10.1. The minimum Gasteiger partial charge on any atom is -0.483 e. The molecule has 3 aromatic carbocycles. The normalized spacial score (nSPS) is 13.5. The number of rotatable bonds is 9. The molecule has 0 amide bonds. The van der Waals surface area contributed by atoms with Crippen molar-refractivity contribution in [2.75, 3.05) is 42.9 Å². The van der Waals surface area contributed by atoms with Crippen molar-refractivity contribution in [1.29, 1.82) is 0 Å². The third-order valence-electron chi connectivity index (χ3n) is 6.33. The molecule has 1 fully saturated rings. The van der Waals surface area contributed by atoms with E-state index in [1.807, 2.05) is 18.2 Å². The number of morpholine rings is 1. The monoisotopic (exact) mass is 597 g/mol. The topological polar surface area (TPSA) is 134 Å². The first-order valence-corrected chi connectivity index (χ1v) is 14.4. The van der Waals surface area contributed by atoms with Gasteiger partial charge in [0.05, 0.1) is 18.9 Å². The fourth-order valence-electron chi connectivity index (χ4n) is 4.21. The smallest absolute Gasteiger partial charge is 0.290 e. The highest BCUT2D eigenvalue weighted by Gasteiger charge is 2.19. The maximum Gasteiger partial charge on any atom is 0.290 e. The Morgan fingerprint density at radius 2 is 1.60 bits per heavy atom.